The van der Waals surface area contributed by atoms with Crippen LogP contribution in [0.2, 0.25) is 0 Å². The van der Waals surface area contributed by atoms with E-state index in [0.29, 0.717) is 25.4 Å². The standard InChI is InChI=1S/C11H23N3O3/c1-4-12-11(17)14-10(16)9(3)13-7-8(2)5-6-15/h8-9,13,15H,4-7H2,1-3H3,(H2,12,14,16,17). The monoisotopic (exact) mass is 245 g/mol. The van der Waals surface area contributed by atoms with E-state index in [1.165, 1.54) is 0 Å². The molecule has 0 radical (unpaired) electrons. The van der Waals surface area contributed by atoms with E-state index < -0.39 is 12.1 Å². The molecule has 0 spiro atoms. The molecule has 0 aromatic heterocycles. The molecule has 6 heteroatoms. The smallest absolute Gasteiger partial charge is 0.321 e. The summed E-state index contributed by atoms with van der Waals surface area (Å²) < 4.78 is 0. The van der Waals surface area contributed by atoms with E-state index in [0.717, 1.165) is 0 Å². The van der Waals surface area contributed by atoms with Crippen molar-refractivity contribution < 1.29 is 14.7 Å². The molecule has 0 bridgehead atoms. The van der Waals surface area contributed by atoms with E-state index >= 15 is 0 Å². The molecule has 0 aromatic rings. The maximum Gasteiger partial charge on any atom is 0.321 e. The second-order valence-corrected chi connectivity index (χ2v) is 4.10. The number of hydrogen-bond donors (Lipinski definition) is 4. The minimum atomic E-state index is -0.477. The Kier molecular flexibility index (Phi) is 8.35. The number of rotatable bonds is 7. The Morgan fingerprint density at radius 1 is 1.29 bits per heavy atom. The maximum atomic E-state index is 11.5. The average molecular weight is 245 g/mol. The normalized spacial score (nSPS) is 13.9. The van der Waals surface area contributed by atoms with Gasteiger partial charge in [-0.25, -0.2) is 4.79 Å². The highest BCUT2D eigenvalue weighted by Gasteiger charge is 2.15. The molecule has 3 amide bonds. The summed E-state index contributed by atoms with van der Waals surface area (Å²) in [6.45, 7) is 6.71. The van der Waals surface area contributed by atoms with E-state index in [1.54, 1.807) is 13.8 Å². The van der Waals surface area contributed by atoms with Crippen LogP contribution in [0.3, 0.4) is 0 Å². The van der Waals surface area contributed by atoms with Crippen molar-refractivity contribution in [3.8, 4) is 0 Å². The van der Waals surface area contributed by atoms with Gasteiger partial charge in [0.1, 0.15) is 0 Å². The summed E-state index contributed by atoms with van der Waals surface area (Å²) in [5, 5.41) is 16.5. The van der Waals surface area contributed by atoms with Crippen molar-refractivity contribution in [2.24, 2.45) is 5.92 Å². The van der Waals surface area contributed by atoms with Gasteiger partial charge in [-0.05, 0) is 32.7 Å². The molecule has 0 aromatic carbocycles. The summed E-state index contributed by atoms with van der Waals surface area (Å²) >= 11 is 0. The molecule has 0 aliphatic carbocycles. The molecule has 0 saturated heterocycles. The lowest BCUT2D eigenvalue weighted by molar-refractivity contribution is -0.121. The van der Waals surface area contributed by atoms with E-state index in [9.17, 15) is 9.59 Å². The quantitative estimate of drug-likeness (QED) is 0.501. The van der Waals surface area contributed by atoms with Crippen LogP contribution in [-0.2, 0) is 4.79 Å². The van der Waals surface area contributed by atoms with Crippen LogP contribution < -0.4 is 16.0 Å². The fourth-order valence-corrected chi connectivity index (χ4v) is 1.22. The van der Waals surface area contributed by atoms with Gasteiger partial charge in [0.05, 0.1) is 6.04 Å². The Labute approximate surface area is 102 Å². The van der Waals surface area contributed by atoms with Crippen molar-refractivity contribution in [1.29, 1.82) is 0 Å². The predicted molar refractivity (Wildman–Crippen MR) is 65.5 cm³/mol. The number of urea groups is 1. The molecule has 2 unspecified atom stereocenters. The number of carbonyl (C=O) groups is 2. The molecular weight excluding hydrogens is 222 g/mol. The van der Waals surface area contributed by atoms with Gasteiger partial charge in [-0.1, -0.05) is 6.92 Å². The first-order valence-electron chi connectivity index (χ1n) is 5.94. The van der Waals surface area contributed by atoms with Gasteiger partial charge in [0.2, 0.25) is 5.91 Å². The Morgan fingerprint density at radius 2 is 1.94 bits per heavy atom. The number of aliphatic hydroxyl groups is 1. The fraction of sp³-hybridized carbons (Fsp3) is 0.818. The van der Waals surface area contributed by atoms with Crippen LogP contribution in [0.5, 0.6) is 0 Å². The average Bonchev–Trinajstić information content (AvgIpc) is 2.26. The van der Waals surface area contributed by atoms with Gasteiger partial charge in [-0.3, -0.25) is 10.1 Å². The Bertz CT molecular complexity index is 246. The highest BCUT2D eigenvalue weighted by atomic mass is 16.3. The first-order chi connectivity index (χ1) is 8.01. The first-order valence-corrected chi connectivity index (χ1v) is 5.94. The van der Waals surface area contributed by atoms with Crippen LogP contribution in [0.1, 0.15) is 27.2 Å². The molecule has 6 nitrogen and oxygen atoms in total. The largest absolute Gasteiger partial charge is 0.396 e. The molecule has 0 saturated carbocycles. The molecule has 2 atom stereocenters. The lowest BCUT2D eigenvalue weighted by atomic mass is 10.1. The molecule has 0 aliphatic rings. The van der Waals surface area contributed by atoms with Gasteiger partial charge in [-0.15, -0.1) is 0 Å². The van der Waals surface area contributed by atoms with Crippen molar-refractivity contribution in [2.75, 3.05) is 19.7 Å². The van der Waals surface area contributed by atoms with E-state index in [2.05, 4.69) is 16.0 Å². The molecular formula is C11H23N3O3. The summed E-state index contributed by atoms with van der Waals surface area (Å²) in [7, 11) is 0. The predicted octanol–water partition coefficient (Wildman–Crippen LogP) is -0.171. The minimum Gasteiger partial charge on any atom is -0.396 e. The third kappa shape index (κ3) is 7.70. The summed E-state index contributed by atoms with van der Waals surface area (Å²) in [6.07, 6.45) is 0.692. The first kappa shape index (κ1) is 15.9. The van der Waals surface area contributed by atoms with Crippen molar-refractivity contribution in [1.82, 2.24) is 16.0 Å². The Hall–Kier alpha value is -1.14. The highest BCUT2D eigenvalue weighted by molar-refractivity contribution is 5.96. The SMILES string of the molecule is CCNC(=O)NC(=O)C(C)NCC(C)CCO. The van der Waals surface area contributed by atoms with Crippen LogP contribution in [0.4, 0.5) is 4.79 Å². The lowest BCUT2D eigenvalue weighted by Gasteiger charge is -2.16. The summed E-state index contributed by atoms with van der Waals surface area (Å²) in [6, 6.07) is -0.909. The Morgan fingerprint density at radius 3 is 2.47 bits per heavy atom. The van der Waals surface area contributed by atoms with Gasteiger partial charge >= 0.3 is 6.03 Å². The molecule has 0 fully saturated rings. The topological polar surface area (TPSA) is 90.5 Å². The number of aliphatic hydroxyl groups excluding tert-OH is 1. The number of imide groups is 1. The van der Waals surface area contributed by atoms with Gasteiger partial charge in [0, 0.05) is 13.2 Å². The van der Waals surface area contributed by atoms with Crippen LogP contribution in [0, 0.1) is 5.92 Å². The summed E-state index contributed by atoms with van der Waals surface area (Å²) in [5.74, 6) is -0.0631. The second-order valence-electron chi connectivity index (χ2n) is 4.10. The highest BCUT2D eigenvalue weighted by Crippen LogP contribution is 1.98. The third-order valence-corrected chi connectivity index (χ3v) is 2.36. The lowest BCUT2D eigenvalue weighted by Crippen LogP contribution is -2.48. The molecule has 100 valence electrons. The van der Waals surface area contributed by atoms with E-state index in [-0.39, 0.29) is 12.5 Å². The van der Waals surface area contributed by atoms with Crippen molar-refractivity contribution in [3.63, 3.8) is 0 Å². The van der Waals surface area contributed by atoms with E-state index in [4.69, 9.17) is 5.11 Å². The van der Waals surface area contributed by atoms with Crippen LogP contribution in [-0.4, -0.2) is 42.8 Å². The molecule has 4 N–H and O–H groups in total. The fourth-order valence-electron chi connectivity index (χ4n) is 1.22. The van der Waals surface area contributed by atoms with Crippen LogP contribution in [0.15, 0.2) is 0 Å². The zero-order valence-electron chi connectivity index (χ0n) is 10.7. The summed E-state index contributed by atoms with van der Waals surface area (Å²) in [5.41, 5.74) is 0. The zero-order valence-corrected chi connectivity index (χ0v) is 10.7. The zero-order chi connectivity index (χ0) is 13.3. The number of nitrogens with one attached hydrogen (secondary N) is 3. The van der Waals surface area contributed by atoms with Crippen LogP contribution >= 0.6 is 0 Å². The molecule has 0 heterocycles. The minimum absolute atomic E-state index is 0.141. The van der Waals surface area contributed by atoms with Gasteiger partial charge in [0.25, 0.3) is 0 Å². The van der Waals surface area contributed by atoms with Gasteiger partial charge in [-0.2, -0.15) is 0 Å². The molecule has 0 rings (SSSR count). The second kappa shape index (κ2) is 8.95. The number of carbonyl (C=O) groups excluding carboxylic acids is 2. The van der Waals surface area contributed by atoms with Gasteiger partial charge in [0.15, 0.2) is 0 Å². The Balaban J connectivity index is 3.85. The number of amides is 3. The van der Waals surface area contributed by atoms with Crippen molar-refractivity contribution >= 4 is 11.9 Å². The van der Waals surface area contributed by atoms with Crippen LogP contribution in [0.25, 0.3) is 0 Å². The number of hydrogen-bond acceptors (Lipinski definition) is 4. The van der Waals surface area contributed by atoms with E-state index in [1.807, 2.05) is 6.92 Å². The van der Waals surface area contributed by atoms with Gasteiger partial charge < -0.3 is 15.7 Å². The van der Waals surface area contributed by atoms with Crippen molar-refractivity contribution in [3.05, 3.63) is 0 Å². The molecule has 17 heavy (non-hydrogen) atoms. The maximum absolute atomic E-state index is 11.5. The molecule has 0 aliphatic heterocycles. The summed E-state index contributed by atoms with van der Waals surface area (Å²) in [4.78, 5) is 22.6. The van der Waals surface area contributed by atoms with Crippen molar-refractivity contribution in [2.45, 2.75) is 33.2 Å². The third-order valence-electron chi connectivity index (χ3n) is 2.36.